The minimum Gasteiger partial charge on any atom is -0.387 e. The van der Waals surface area contributed by atoms with Crippen LogP contribution in [0, 0.1) is 0 Å². The Balaban J connectivity index is 4.10. The van der Waals surface area contributed by atoms with Crippen molar-refractivity contribution in [1.82, 2.24) is 5.32 Å². The zero-order valence-corrected chi connectivity index (χ0v) is 31.1. The maximum Gasteiger partial charge on any atom is 0.267 e. The lowest BCUT2D eigenvalue weighted by Crippen LogP contribution is -2.46. The van der Waals surface area contributed by atoms with Gasteiger partial charge in [0, 0.05) is 6.42 Å². The molecule has 3 N–H and O–H groups in total. The van der Waals surface area contributed by atoms with E-state index in [9.17, 15) is 22.9 Å². The summed E-state index contributed by atoms with van der Waals surface area (Å²) in [5.41, 5.74) is 0. The predicted octanol–water partition coefficient (Wildman–Crippen LogP) is 10.8. The highest BCUT2D eigenvalue weighted by molar-refractivity contribution is 7.85. The van der Waals surface area contributed by atoms with Crippen molar-refractivity contribution in [2.45, 2.75) is 161 Å². The molecule has 0 heterocycles. The number of allylic oxidation sites excluding steroid dienone is 13. The number of amides is 1. The van der Waals surface area contributed by atoms with Crippen LogP contribution in [-0.4, -0.2) is 41.9 Å². The molecule has 0 bridgehead atoms. The highest BCUT2D eigenvalue weighted by atomic mass is 32.2. The Labute approximate surface area is 295 Å². The number of unbranched alkanes of at least 4 members (excludes halogenated alkanes) is 12. The molecule has 6 nitrogen and oxygen atoms in total. The van der Waals surface area contributed by atoms with Crippen LogP contribution in [0.15, 0.2) is 85.1 Å². The monoisotopic (exact) mass is 687 g/mol. The summed E-state index contributed by atoms with van der Waals surface area (Å²) in [6.45, 7) is 4.38. The van der Waals surface area contributed by atoms with E-state index in [2.05, 4.69) is 92.1 Å². The minimum atomic E-state index is -4.36. The maximum atomic E-state index is 12.5. The first-order valence-electron chi connectivity index (χ1n) is 18.8. The van der Waals surface area contributed by atoms with Gasteiger partial charge in [0.2, 0.25) is 5.91 Å². The zero-order valence-electron chi connectivity index (χ0n) is 30.3. The zero-order chi connectivity index (χ0) is 35.4. The average Bonchev–Trinajstić information content (AvgIpc) is 3.05. The van der Waals surface area contributed by atoms with Crippen LogP contribution in [0.4, 0.5) is 0 Å². The average molecular weight is 688 g/mol. The maximum absolute atomic E-state index is 12.5. The Bertz CT molecular complexity index is 1070. The van der Waals surface area contributed by atoms with E-state index in [1.165, 1.54) is 57.4 Å². The van der Waals surface area contributed by atoms with Crippen LogP contribution >= 0.6 is 0 Å². The van der Waals surface area contributed by atoms with Crippen LogP contribution in [0.5, 0.6) is 0 Å². The quantitative estimate of drug-likeness (QED) is 0.0371. The number of rotatable bonds is 32. The summed E-state index contributed by atoms with van der Waals surface area (Å²) in [7, 11) is -4.36. The van der Waals surface area contributed by atoms with E-state index in [-0.39, 0.29) is 12.3 Å². The smallest absolute Gasteiger partial charge is 0.267 e. The second-order valence-electron chi connectivity index (χ2n) is 12.5. The molecule has 2 unspecified atom stereocenters. The second-order valence-corrected chi connectivity index (χ2v) is 14.0. The van der Waals surface area contributed by atoms with E-state index < -0.39 is 28.0 Å². The molecule has 0 spiro atoms. The molecular formula is C41H69NO5S. The summed E-state index contributed by atoms with van der Waals surface area (Å²) in [5.74, 6) is -1.05. The van der Waals surface area contributed by atoms with Gasteiger partial charge in [0.1, 0.15) is 0 Å². The number of carbonyl (C=O) groups is 1. The number of nitrogens with one attached hydrogen (secondary N) is 1. The molecule has 0 rings (SSSR count). The molecule has 2 atom stereocenters. The van der Waals surface area contributed by atoms with E-state index >= 15 is 0 Å². The van der Waals surface area contributed by atoms with Crippen LogP contribution in [-0.2, 0) is 14.9 Å². The normalized spacial score (nSPS) is 14.3. The molecule has 0 aliphatic rings. The van der Waals surface area contributed by atoms with Gasteiger partial charge >= 0.3 is 0 Å². The Kier molecular flexibility index (Phi) is 32.6. The van der Waals surface area contributed by atoms with Gasteiger partial charge < -0.3 is 10.4 Å². The molecule has 274 valence electrons. The van der Waals surface area contributed by atoms with Gasteiger partial charge in [-0.1, -0.05) is 157 Å². The fraction of sp³-hybridized carbons (Fsp3) is 0.634. The van der Waals surface area contributed by atoms with Crippen LogP contribution in [0.3, 0.4) is 0 Å². The number of carbonyl (C=O) groups excluding carboxylic acids is 1. The molecule has 0 aromatic rings. The summed E-state index contributed by atoms with van der Waals surface area (Å²) >= 11 is 0. The minimum absolute atomic E-state index is 0.236. The van der Waals surface area contributed by atoms with Gasteiger partial charge in [-0.15, -0.1) is 0 Å². The van der Waals surface area contributed by atoms with Gasteiger partial charge in [-0.25, -0.2) is 0 Å². The third-order valence-corrected chi connectivity index (χ3v) is 8.61. The lowest BCUT2D eigenvalue weighted by molar-refractivity contribution is -0.122. The standard InChI is InChI=1S/C41H69NO5S/c1-3-5-7-9-11-13-15-17-18-19-20-21-22-23-24-25-27-29-31-33-35-37-41(44)42-39(38-48(45,46)47)40(43)36-34-32-30-28-26-16-14-12-10-8-6-4-2/h5,7,11,13,17-18,20-21,23-24,27,29,34,36,39-40,43H,3-4,6,8-10,12,14-16,19,22,25-26,28,30-33,35,37-38H2,1-2H3,(H,42,44)(H,45,46,47)/b7-5-,13-11-,18-17-,21-20-,24-23-,29-27-,36-34+. The van der Waals surface area contributed by atoms with Crippen molar-refractivity contribution in [2.75, 3.05) is 5.75 Å². The molecule has 0 aliphatic heterocycles. The molecule has 0 aliphatic carbocycles. The van der Waals surface area contributed by atoms with E-state index in [0.29, 0.717) is 6.42 Å². The van der Waals surface area contributed by atoms with Crippen LogP contribution in [0.2, 0.25) is 0 Å². The first kappa shape index (κ1) is 45.5. The van der Waals surface area contributed by atoms with Crippen molar-refractivity contribution in [3.63, 3.8) is 0 Å². The van der Waals surface area contributed by atoms with Crippen molar-refractivity contribution in [3.05, 3.63) is 85.1 Å². The van der Waals surface area contributed by atoms with E-state index in [1.807, 2.05) is 6.08 Å². The van der Waals surface area contributed by atoms with E-state index in [0.717, 1.165) is 70.6 Å². The van der Waals surface area contributed by atoms with E-state index in [4.69, 9.17) is 0 Å². The van der Waals surface area contributed by atoms with Gasteiger partial charge in [-0.3, -0.25) is 9.35 Å². The van der Waals surface area contributed by atoms with Gasteiger partial charge in [0.05, 0.1) is 17.9 Å². The summed E-state index contributed by atoms with van der Waals surface area (Å²) in [6.07, 6.45) is 49.9. The van der Waals surface area contributed by atoms with Gasteiger partial charge in [-0.05, 0) is 70.6 Å². The largest absolute Gasteiger partial charge is 0.387 e. The van der Waals surface area contributed by atoms with Crippen molar-refractivity contribution in [3.8, 4) is 0 Å². The summed E-state index contributed by atoms with van der Waals surface area (Å²) in [6, 6.07) is -1.08. The lowest BCUT2D eigenvalue weighted by atomic mass is 10.1. The topological polar surface area (TPSA) is 104 Å². The van der Waals surface area contributed by atoms with E-state index in [1.54, 1.807) is 0 Å². The lowest BCUT2D eigenvalue weighted by Gasteiger charge is -2.21. The molecule has 7 heteroatoms. The van der Waals surface area contributed by atoms with Crippen molar-refractivity contribution >= 4 is 16.0 Å². The highest BCUT2D eigenvalue weighted by Crippen LogP contribution is 2.12. The molecule has 48 heavy (non-hydrogen) atoms. The first-order valence-corrected chi connectivity index (χ1v) is 20.4. The summed E-state index contributed by atoms with van der Waals surface area (Å²) in [5, 5.41) is 13.1. The molecule has 0 saturated carbocycles. The number of hydrogen-bond acceptors (Lipinski definition) is 4. The Morgan fingerprint density at radius 3 is 1.48 bits per heavy atom. The third-order valence-electron chi connectivity index (χ3n) is 7.83. The molecule has 0 aromatic heterocycles. The van der Waals surface area contributed by atoms with Crippen molar-refractivity contribution in [2.24, 2.45) is 0 Å². The third kappa shape index (κ3) is 34.8. The van der Waals surface area contributed by atoms with Gasteiger partial charge in [-0.2, -0.15) is 8.42 Å². The highest BCUT2D eigenvalue weighted by Gasteiger charge is 2.24. The molecule has 0 aromatic carbocycles. The van der Waals surface area contributed by atoms with Gasteiger partial charge in [0.25, 0.3) is 10.1 Å². The molecule has 0 saturated heterocycles. The van der Waals surface area contributed by atoms with Crippen LogP contribution in [0.25, 0.3) is 0 Å². The summed E-state index contributed by atoms with van der Waals surface area (Å²) < 4.78 is 32.4. The number of aliphatic hydroxyl groups is 1. The fourth-order valence-electron chi connectivity index (χ4n) is 5.04. The van der Waals surface area contributed by atoms with Crippen molar-refractivity contribution in [1.29, 1.82) is 0 Å². The SMILES string of the molecule is CC/C=C\C/C=C\C/C=C\C/C=C\C/C=C\C/C=C\CCCCC(=O)NC(CS(=O)(=O)O)C(O)/C=C/CCCCCCCCCCCC. The fourth-order valence-corrected chi connectivity index (χ4v) is 5.77. The Morgan fingerprint density at radius 1 is 0.583 bits per heavy atom. The molecule has 1 amide bonds. The van der Waals surface area contributed by atoms with Crippen LogP contribution < -0.4 is 5.32 Å². The first-order chi connectivity index (χ1) is 23.3. The molecule has 0 fully saturated rings. The number of aliphatic hydroxyl groups excluding tert-OH is 1. The number of hydrogen-bond donors (Lipinski definition) is 3. The summed E-state index contributed by atoms with van der Waals surface area (Å²) in [4.78, 5) is 12.5. The Morgan fingerprint density at radius 2 is 1.00 bits per heavy atom. The Hall–Kier alpha value is -2.48. The molecular weight excluding hydrogens is 619 g/mol. The predicted molar refractivity (Wildman–Crippen MR) is 207 cm³/mol. The second kappa shape index (κ2) is 34.4. The van der Waals surface area contributed by atoms with Gasteiger partial charge in [0.15, 0.2) is 0 Å². The van der Waals surface area contributed by atoms with Crippen LogP contribution in [0.1, 0.15) is 149 Å². The van der Waals surface area contributed by atoms with Crippen molar-refractivity contribution < 1.29 is 22.9 Å². The molecule has 0 radical (unpaired) electrons.